The Bertz CT molecular complexity index is 644. The van der Waals surface area contributed by atoms with Gasteiger partial charge in [-0.05, 0) is 12.1 Å². The molecule has 0 saturated heterocycles. The number of benzene rings is 1. The van der Waals surface area contributed by atoms with Crippen LogP contribution in [0.3, 0.4) is 0 Å². The third-order valence-corrected chi connectivity index (χ3v) is 3.42. The zero-order valence-corrected chi connectivity index (χ0v) is 11.4. The van der Waals surface area contributed by atoms with E-state index in [4.69, 9.17) is 23.2 Å². The van der Waals surface area contributed by atoms with E-state index in [1.165, 1.54) is 18.3 Å². The van der Waals surface area contributed by atoms with Gasteiger partial charge >= 0.3 is 6.18 Å². The lowest BCUT2D eigenvalue weighted by Crippen LogP contribution is -2.04. The van der Waals surface area contributed by atoms with Gasteiger partial charge in [-0.1, -0.05) is 35.3 Å². The SMILES string of the molecule is OCc1c(Cl)cnc(-c2cccc(C(F)(F)F)c2)c1Cl. The van der Waals surface area contributed by atoms with Crippen LogP contribution in [0.1, 0.15) is 11.1 Å². The van der Waals surface area contributed by atoms with Crippen LogP contribution in [0.15, 0.2) is 30.5 Å². The highest BCUT2D eigenvalue weighted by atomic mass is 35.5. The highest BCUT2D eigenvalue weighted by Crippen LogP contribution is 2.36. The summed E-state index contributed by atoms with van der Waals surface area (Å²) in [7, 11) is 0. The Hall–Kier alpha value is -1.30. The summed E-state index contributed by atoms with van der Waals surface area (Å²) in [5, 5.41) is 9.38. The number of aliphatic hydroxyl groups excluding tert-OH is 1. The van der Waals surface area contributed by atoms with E-state index in [0.29, 0.717) is 0 Å². The first-order valence-corrected chi connectivity index (χ1v) is 6.21. The van der Waals surface area contributed by atoms with Gasteiger partial charge in [-0.15, -0.1) is 0 Å². The van der Waals surface area contributed by atoms with Crippen LogP contribution < -0.4 is 0 Å². The van der Waals surface area contributed by atoms with Crippen LogP contribution in [0.5, 0.6) is 0 Å². The van der Waals surface area contributed by atoms with E-state index >= 15 is 0 Å². The Balaban J connectivity index is 2.58. The number of nitrogens with zero attached hydrogens (tertiary/aromatic N) is 1. The van der Waals surface area contributed by atoms with Gasteiger partial charge < -0.3 is 5.11 Å². The molecule has 0 bridgehead atoms. The van der Waals surface area contributed by atoms with Crippen molar-refractivity contribution in [2.24, 2.45) is 0 Å². The molecule has 106 valence electrons. The fraction of sp³-hybridized carbons (Fsp3) is 0.154. The average molecular weight is 322 g/mol. The van der Waals surface area contributed by atoms with Gasteiger partial charge in [0.1, 0.15) is 0 Å². The lowest BCUT2D eigenvalue weighted by Gasteiger charge is -2.11. The molecule has 0 aliphatic rings. The predicted molar refractivity (Wildman–Crippen MR) is 70.6 cm³/mol. The molecule has 2 nitrogen and oxygen atoms in total. The first-order chi connectivity index (χ1) is 9.34. The number of aliphatic hydroxyl groups is 1. The van der Waals surface area contributed by atoms with E-state index in [1.807, 2.05) is 0 Å². The van der Waals surface area contributed by atoms with Gasteiger partial charge in [-0.2, -0.15) is 13.2 Å². The molecular weight excluding hydrogens is 314 g/mol. The van der Waals surface area contributed by atoms with Crippen molar-refractivity contribution >= 4 is 23.2 Å². The second-order valence-electron chi connectivity index (χ2n) is 3.98. The van der Waals surface area contributed by atoms with Crippen molar-refractivity contribution < 1.29 is 18.3 Å². The predicted octanol–water partition coefficient (Wildman–Crippen LogP) is 4.57. The van der Waals surface area contributed by atoms with E-state index in [1.54, 1.807) is 0 Å². The van der Waals surface area contributed by atoms with Crippen molar-refractivity contribution in [2.75, 3.05) is 0 Å². The van der Waals surface area contributed by atoms with E-state index in [2.05, 4.69) is 4.98 Å². The number of pyridine rings is 1. The van der Waals surface area contributed by atoms with Crippen molar-refractivity contribution in [1.29, 1.82) is 0 Å². The van der Waals surface area contributed by atoms with Gasteiger partial charge in [-0.25, -0.2) is 0 Å². The van der Waals surface area contributed by atoms with Crippen LogP contribution in [0.2, 0.25) is 10.0 Å². The molecule has 0 amide bonds. The minimum atomic E-state index is -4.45. The highest BCUT2D eigenvalue weighted by Gasteiger charge is 2.30. The monoisotopic (exact) mass is 321 g/mol. The van der Waals surface area contributed by atoms with Crippen molar-refractivity contribution in [3.63, 3.8) is 0 Å². The first kappa shape index (κ1) is 15.1. The van der Waals surface area contributed by atoms with Crippen molar-refractivity contribution in [3.05, 3.63) is 51.6 Å². The number of alkyl halides is 3. The van der Waals surface area contributed by atoms with Crippen molar-refractivity contribution in [2.45, 2.75) is 12.8 Å². The summed E-state index contributed by atoms with van der Waals surface area (Å²) in [5.74, 6) is 0. The molecule has 0 spiro atoms. The highest BCUT2D eigenvalue weighted by molar-refractivity contribution is 6.37. The third-order valence-electron chi connectivity index (χ3n) is 2.69. The van der Waals surface area contributed by atoms with E-state index in [9.17, 15) is 18.3 Å². The smallest absolute Gasteiger partial charge is 0.392 e. The zero-order chi connectivity index (χ0) is 14.9. The lowest BCUT2D eigenvalue weighted by atomic mass is 10.1. The van der Waals surface area contributed by atoms with Gasteiger partial charge in [0.15, 0.2) is 0 Å². The minimum Gasteiger partial charge on any atom is -0.392 e. The molecule has 0 atom stereocenters. The van der Waals surface area contributed by atoms with E-state index in [-0.39, 0.29) is 26.9 Å². The summed E-state index contributed by atoms with van der Waals surface area (Å²) in [6.07, 6.45) is -3.21. The minimum absolute atomic E-state index is 0.0410. The van der Waals surface area contributed by atoms with Crippen LogP contribution in [0.25, 0.3) is 11.3 Å². The van der Waals surface area contributed by atoms with E-state index in [0.717, 1.165) is 12.1 Å². The number of rotatable bonds is 2. The molecule has 0 saturated carbocycles. The standard InChI is InChI=1S/C13H8Cl2F3NO/c14-10-5-19-12(11(15)9(10)6-20)7-2-1-3-8(4-7)13(16,17)18/h1-5,20H,6H2. The van der Waals surface area contributed by atoms with Crippen LogP contribution in [-0.2, 0) is 12.8 Å². The maximum Gasteiger partial charge on any atom is 0.416 e. The van der Waals surface area contributed by atoms with Crippen LogP contribution in [-0.4, -0.2) is 10.1 Å². The molecule has 0 fully saturated rings. The summed E-state index contributed by atoms with van der Waals surface area (Å²) in [6, 6.07) is 4.63. The maximum absolute atomic E-state index is 12.7. The second-order valence-corrected chi connectivity index (χ2v) is 4.77. The average Bonchev–Trinajstić information content (AvgIpc) is 2.38. The largest absolute Gasteiger partial charge is 0.416 e. The molecule has 1 aromatic carbocycles. The summed E-state index contributed by atoms with van der Waals surface area (Å²) >= 11 is 11.8. The number of aromatic nitrogens is 1. The molecule has 2 rings (SSSR count). The third kappa shape index (κ3) is 2.90. The molecule has 0 radical (unpaired) electrons. The van der Waals surface area contributed by atoms with Crippen molar-refractivity contribution in [1.82, 2.24) is 4.98 Å². The molecule has 7 heteroatoms. The fourth-order valence-corrected chi connectivity index (χ4v) is 2.26. The van der Waals surface area contributed by atoms with Gasteiger partial charge in [0.05, 0.1) is 27.9 Å². The number of hydrogen-bond acceptors (Lipinski definition) is 2. The number of hydrogen-bond donors (Lipinski definition) is 1. The quantitative estimate of drug-likeness (QED) is 0.879. The molecular formula is C13H8Cl2F3NO. The van der Waals surface area contributed by atoms with E-state index < -0.39 is 18.3 Å². The zero-order valence-electron chi connectivity index (χ0n) is 9.88. The molecule has 20 heavy (non-hydrogen) atoms. The summed E-state index contributed by atoms with van der Waals surface area (Å²) in [4.78, 5) is 3.94. The lowest BCUT2D eigenvalue weighted by molar-refractivity contribution is -0.137. The molecule has 2 aromatic rings. The molecule has 0 aliphatic heterocycles. The summed E-state index contributed by atoms with van der Waals surface area (Å²) in [6.45, 7) is -0.424. The summed E-state index contributed by atoms with van der Waals surface area (Å²) < 4.78 is 38.0. The molecule has 1 N–H and O–H groups in total. The molecule has 0 aliphatic carbocycles. The molecule has 1 heterocycles. The Morgan fingerprint density at radius 2 is 1.90 bits per heavy atom. The normalized spacial score (nSPS) is 11.7. The van der Waals surface area contributed by atoms with Crippen LogP contribution in [0.4, 0.5) is 13.2 Å². The van der Waals surface area contributed by atoms with Gasteiger partial charge in [-0.3, -0.25) is 4.98 Å². The Labute approximate surface area is 122 Å². The van der Waals surface area contributed by atoms with Crippen molar-refractivity contribution in [3.8, 4) is 11.3 Å². The summed E-state index contributed by atoms with van der Waals surface area (Å²) in [5.41, 5.74) is -0.216. The Kier molecular flexibility index (Phi) is 4.22. The first-order valence-electron chi connectivity index (χ1n) is 5.46. The Morgan fingerprint density at radius 3 is 2.50 bits per heavy atom. The number of halogens is 5. The molecule has 1 aromatic heterocycles. The maximum atomic E-state index is 12.7. The van der Waals surface area contributed by atoms with Crippen LogP contribution in [0, 0.1) is 0 Å². The molecule has 0 unspecified atom stereocenters. The Morgan fingerprint density at radius 1 is 1.20 bits per heavy atom. The van der Waals surface area contributed by atoms with Gasteiger partial charge in [0, 0.05) is 17.3 Å². The van der Waals surface area contributed by atoms with Crippen LogP contribution >= 0.6 is 23.2 Å². The second kappa shape index (κ2) is 5.60. The topological polar surface area (TPSA) is 33.1 Å². The van der Waals surface area contributed by atoms with Gasteiger partial charge in [0.25, 0.3) is 0 Å². The van der Waals surface area contributed by atoms with Gasteiger partial charge in [0.2, 0.25) is 0 Å². The fourth-order valence-electron chi connectivity index (χ4n) is 1.69.